The monoisotopic (exact) mass is 273 g/mol. The highest BCUT2D eigenvalue weighted by Gasteiger charge is 2.39. The van der Waals surface area contributed by atoms with Crippen LogP contribution < -0.4 is 0 Å². The third-order valence-electron chi connectivity index (χ3n) is 2.46. The minimum Gasteiger partial charge on any atom is -0.320 e. The van der Waals surface area contributed by atoms with Gasteiger partial charge in [0.1, 0.15) is 6.29 Å². The van der Waals surface area contributed by atoms with Crippen molar-refractivity contribution in [3.8, 4) is 0 Å². The van der Waals surface area contributed by atoms with E-state index in [4.69, 9.17) is 11.2 Å². The van der Waals surface area contributed by atoms with Gasteiger partial charge in [0.25, 0.3) is 11.8 Å². The number of carbonyl (C=O) groups is 2. The summed E-state index contributed by atoms with van der Waals surface area (Å²) in [5, 5.41) is 0. The summed E-state index contributed by atoms with van der Waals surface area (Å²) in [5.74, 6) is -0.993. The van der Waals surface area contributed by atoms with Crippen LogP contribution >= 0.6 is 18.0 Å². The quantitative estimate of drug-likeness (QED) is 0.626. The van der Waals surface area contributed by atoms with Gasteiger partial charge in [0.2, 0.25) is 0 Å². The molecule has 1 aromatic rings. The molecule has 1 atom stereocenters. The molecule has 1 aliphatic heterocycles. The van der Waals surface area contributed by atoms with Crippen molar-refractivity contribution in [2.24, 2.45) is 0 Å². The summed E-state index contributed by atoms with van der Waals surface area (Å²) in [5.41, 5.74) is 0.593. The molecule has 0 saturated carbocycles. The van der Waals surface area contributed by atoms with E-state index in [0.29, 0.717) is 11.1 Å². The first-order valence-electron chi connectivity index (χ1n) is 4.76. The molecule has 1 heterocycles. The Morgan fingerprint density at radius 3 is 2.12 bits per heavy atom. The van der Waals surface area contributed by atoms with Crippen molar-refractivity contribution in [1.82, 2.24) is 4.90 Å². The maximum Gasteiger partial charge on any atom is 0.309 e. The zero-order chi connectivity index (χ0) is 12.6. The highest BCUT2D eigenvalue weighted by atomic mass is 35.7. The van der Waals surface area contributed by atoms with Gasteiger partial charge in [-0.25, -0.2) is 0 Å². The summed E-state index contributed by atoms with van der Waals surface area (Å²) in [6, 6.07) is 6.40. The summed E-state index contributed by atoms with van der Waals surface area (Å²) in [6.45, 7) is -3.47. The molecule has 17 heavy (non-hydrogen) atoms. The Morgan fingerprint density at radius 1 is 1.24 bits per heavy atom. The molecule has 0 aliphatic carbocycles. The van der Waals surface area contributed by atoms with Crippen LogP contribution in [0.5, 0.6) is 0 Å². The zero-order valence-corrected chi connectivity index (χ0v) is 10.6. The van der Waals surface area contributed by atoms with Crippen LogP contribution in [-0.2, 0) is 9.09 Å². The first-order valence-corrected chi connectivity index (χ1v) is 7.47. The topological polar surface area (TPSA) is 63.7 Å². The number of benzene rings is 1. The summed E-state index contributed by atoms with van der Waals surface area (Å²) in [4.78, 5) is 24.6. The predicted octanol–water partition coefficient (Wildman–Crippen LogP) is 2.32. The van der Waals surface area contributed by atoms with Crippen molar-refractivity contribution in [2.45, 2.75) is 0 Å². The summed E-state index contributed by atoms with van der Waals surface area (Å²) in [6.07, 6.45) is -0.419. The molecule has 0 aromatic heterocycles. The Hall–Kier alpha value is -1.16. The van der Waals surface area contributed by atoms with Gasteiger partial charge in [0.05, 0.1) is 11.1 Å². The van der Waals surface area contributed by atoms with Crippen LogP contribution in [0.15, 0.2) is 24.3 Å². The number of hydrogen-bond donors (Lipinski definition) is 0. The van der Waals surface area contributed by atoms with Crippen LogP contribution in [0.3, 0.4) is 0 Å². The molecule has 1 aromatic carbocycles. The fourth-order valence-corrected chi connectivity index (χ4v) is 2.63. The molecule has 2 rings (SSSR count). The number of fused-ring (bicyclic) bond motifs is 1. The lowest BCUT2D eigenvalue weighted by molar-refractivity contribution is 0.0676. The number of halogens is 1. The number of imide groups is 1. The number of carbonyl (C=O) groups excluding carboxylic acids is 2. The van der Waals surface area contributed by atoms with Gasteiger partial charge in [0, 0.05) is 7.11 Å². The standard InChI is InChI=1S/C10H9ClNO4P/c1-16-17(11,15)6-12-9(13)7-4-2-3-5-8(7)10(12)14/h2-5H,6H2,1H3. The average Bonchev–Trinajstić information content (AvgIpc) is 2.55. The van der Waals surface area contributed by atoms with E-state index in [1.54, 1.807) is 24.3 Å². The van der Waals surface area contributed by atoms with Crippen LogP contribution in [-0.4, -0.2) is 30.1 Å². The highest BCUT2D eigenvalue weighted by Crippen LogP contribution is 2.52. The molecule has 7 heteroatoms. The number of rotatable bonds is 3. The van der Waals surface area contributed by atoms with E-state index < -0.39 is 24.8 Å². The molecule has 0 spiro atoms. The SMILES string of the molecule is COP(=O)(Cl)CN1C(=O)c2ccccc2C1=O. The Labute approximate surface area is 103 Å². The van der Waals surface area contributed by atoms with Crippen LogP contribution in [0.4, 0.5) is 0 Å². The third-order valence-corrected chi connectivity index (χ3v) is 4.36. The van der Waals surface area contributed by atoms with Crippen molar-refractivity contribution in [3.05, 3.63) is 35.4 Å². The molecule has 5 nitrogen and oxygen atoms in total. The number of nitrogens with zero attached hydrogens (tertiary/aromatic N) is 1. The minimum absolute atomic E-state index is 0.297. The lowest BCUT2D eigenvalue weighted by Crippen LogP contribution is -2.30. The summed E-state index contributed by atoms with van der Waals surface area (Å²) in [7, 11) is 1.17. The Kier molecular flexibility index (Phi) is 3.08. The normalized spacial score (nSPS) is 18.1. The molecule has 0 saturated heterocycles. The van der Waals surface area contributed by atoms with Crippen LogP contribution in [0.25, 0.3) is 0 Å². The molecular formula is C10H9ClNO4P. The first-order chi connectivity index (χ1) is 7.96. The maximum atomic E-state index is 11.9. The Morgan fingerprint density at radius 2 is 1.71 bits per heavy atom. The molecule has 0 radical (unpaired) electrons. The van der Waals surface area contributed by atoms with E-state index >= 15 is 0 Å². The minimum atomic E-state index is -3.47. The zero-order valence-electron chi connectivity index (χ0n) is 8.92. The molecule has 1 unspecified atom stereocenters. The van der Waals surface area contributed by atoms with Gasteiger partial charge >= 0.3 is 6.72 Å². The molecule has 0 N–H and O–H groups in total. The van der Waals surface area contributed by atoms with Crippen LogP contribution in [0.1, 0.15) is 20.7 Å². The number of hydrogen-bond acceptors (Lipinski definition) is 4. The van der Waals surface area contributed by atoms with Gasteiger partial charge in [-0.15, -0.1) is 0 Å². The smallest absolute Gasteiger partial charge is 0.309 e. The molecule has 0 bridgehead atoms. The highest BCUT2D eigenvalue weighted by molar-refractivity contribution is 7.85. The number of amides is 2. The lowest BCUT2D eigenvalue weighted by Gasteiger charge is -2.16. The molecule has 2 amide bonds. The predicted molar refractivity (Wildman–Crippen MR) is 62.3 cm³/mol. The third kappa shape index (κ3) is 2.14. The first kappa shape index (κ1) is 12.3. The van der Waals surface area contributed by atoms with E-state index in [0.717, 1.165) is 4.90 Å². The van der Waals surface area contributed by atoms with Crippen LogP contribution in [0, 0.1) is 0 Å². The van der Waals surface area contributed by atoms with E-state index in [-0.39, 0.29) is 0 Å². The largest absolute Gasteiger partial charge is 0.320 e. The van der Waals surface area contributed by atoms with E-state index in [9.17, 15) is 14.2 Å². The summed E-state index contributed by atoms with van der Waals surface area (Å²) >= 11 is 5.56. The van der Waals surface area contributed by atoms with E-state index in [1.807, 2.05) is 0 Å². The average molecular weight is 274 g/mol. The summed E-state index contributed by atoms with van der Waals surface area (Å²) < 4.78 is 16.1. The second kappa shape index (κ2) is 4.26. The lowest BCUT2D eigenvalue weighted by atomic mass is 10.1. The van der Waals surface area contributed by atoms with Crippen molar-refractivity contribution < 1.29 is 18.7 Å². The van der Waals surface area contributed by atoms with Gasteiger partial charge in [-0.2, -0.15) is 0 Å². The molecule has 0 fully saturated rings. The Bertz CT molecular complexity index is 510. The second-order valence-corrected chi connectivity index (χ2v) is 6.87. The maximum absolute atomic E-state index is 11.9. The fourth-order valence-electron chi connectivity index (χ4n) is 1.59. The van der Waals surface area contributed by atoms with Gasteiger partial charge < -0.3 is 4.52 Å². The van der Waals surface area contributed by atoms with E-state index in [2.05, 4.69) is 4.52 Å². The van der Waals surface area contributed by atoms with Crippen molar-refractivity contribution in [1.29, 1.82) is 0 Å². The Balaban J connectivity index is 2.34. The molecule has 90 valence electrons. The molecule has 1 aliphatic rings. The molecular weight excluding hydrogens is 265 g/mol. The van der Waals surface area contributed by atoms with Gasteiger partial charge in [-0.1, -0.05) is 12.1 Å². The van der Waals surface area contributed by atoms with Gasteiger partial charge in [-0.05, 0) is 23.4 Å². The van der Waals surface area contributed by atoms with Crippen molar-refractivity contribution in [2.75, 3.05) is 13.4 Å². The van der Waals surface area contributed by atoms with Crippen molar-refractivity contribution >= 4 is 29.8 Å². The van der Waals surface area contributed by atoms with Crippen LogP contribution in [0.2, 0.25) is 0 Å². The van der Waals surface area contributed by atoms with Gasteiger partial charge in [0.15, 0.2) is 0 Å². The second-order valence-electron chi connectivity index (χ2n) is 3.50. The fraction of sp³-hybridized carbons (Fsp3) is 0.200. The van der Waals surface area contributed by atoms with Crippen molar-refractivity contribution in [3.63, 3.8) is 0 Å². The van der Waals surface area contributed by atoms with Gasteiger partial charge in [-0.3, -0.25) is 19.1 Å². The van der Waals surface area contributed by atoms with E-state index in [1.165, 1.54) is 7.11 Å².